The van der Waals surface area contributed by atoms with Gasteiger partial charge < -0.3 is 4.74 Å². The summed E-state index contributed by atoms with van der Waals surface area (Å²) in [4.78, 5) is 4.31. The highest BCUT2D eigenvalue weighted by atomic mass is 35.5. The molecule has 0 aliphatic carbocycles. The SMILES string of the molecule is COc1c(C)ccnc1-c1cc(Cl)ccc1Cl. The summed E-state index contributed by atoms with van der Waals surface area (Å²) >= 11 is 12.1. The minimum Gasteiger partial charge on any atom is -0.494 e. The van der Waals surface area contributed by atoms with E-state index in [-0.39, 0.29) is 0 Å². The second-order valence-corrected chi connectivity index (χ2v) is 4.48. The Morgan fingerprint density at radius 1 is 1.18 bits per heavy atom. The summed E-state index contributed by atoms with van der Waals surface area (Å²) in [6, 6.07) is 7.17. The number of aromatic nitrogens is 1. The fraction of sp³-hybridized carbons (Fsp3) is 0.154. The number of benzene rings is 1. The maximum atomic E-state index is 6.16. The van der Waals surface area contributed by atoms with Crippen LogP contribution < -0.4 is 4.74 Å². The Morgan fingerprint density at radius 2 is 1.94 bits per heavy atom. The lowest BCUT2D eigenvalue weighted by molar-refractivity contribution is 0.411. The van der Waals surface area contributed by atoms with Gasteiger partial charge in [-0.1, -0.05) is 23.2 Å². The molecule has 0 radical (unpaired) electrons. The van der Waals surface area contributed by atoms with E-state index < -0.39 is 0 Å². The van der Waals surface area contributed by atoms with Crippen LogP contribution in [0.15, 0.2) is 30.5 Å². The van der Waals surface area contributed by atoms with Crippen LogP contribution in [-0.4, -0.2) is 12.1 Å². The average Bonchev–Trinajstić information content (AvgIpc) is 2.32. The molecule has 0 spiro atoms. The quantitative estimate of drug-likeness (QED) is 0.806. The Kier molecular flexibility index (Phi) is 3.55. The normalized spacial score (nSPS) is 10.4. The molecule has 0 fully saturated rings. The van der Waals surface area contributed by atoms with Crippen molar-refractivity contribution in [3.05, 3.63) is 46.1 Å². The Balaban J connectivity index is 2.68. The highest BCUT2D eigenvalue weighted by Crippen LogP contribution is 2.36. The van der Waals surface area contributed by atoms with Gasteiger partial charge in [-0.05, 0) is 36.8 Å². The molecular formula is C13H11Cl2NO. The van der Waals surface area contributed by atoms with Gasteiger partial charge in [-0.25, -0.2) is 0 Å². The van der Waals surface area contributed by atoms with Gasteiger partial charge in [0.15, 0.2) is 0 Å². The van der Waals surface area contributed by atoms with Gasteiger partial charge in [0.2, 0.25) is 0 Å². The van der Waals surface area contributed by atoms with Crippen LogP contribution in [0, 0.1) is 6.92 Å². The third-order valence-corrected chi connectivity index (χ3v) is 3.05. The third-order valence-electron chi connectivity index (χ3n) is 2.49. The second kappa shape index (κ2) is 4.94. The minimum absolute atomic E-state index is 0.603. The largest absolute Gasteiger partial charge is 0.494 e. The van der Waals surface area contributed by atoms with Crippen LogP contribution in [-0.2, 0) is 0 Å². The lowest BCUT2D eigenvalue weighted by atomic mass is 10.1. The number of pyridine rings is 1. The maximum Gasteiger partial charge on any atom is 0.148 e. The Bertz CT molecular complexity index is 555. The number of aryl methyl sites for hydroxylation is 1. The fourth-order valence-electron chi connectivity index (χ4n) is 1.67. The smallest absolute Gasteiger partial charge is 0.148 e. The molecule has 2 nitrogen and oxygen atoms in total. The number of hydrogen-bond donors (Lipinski definition) is 0. The van der Waals surface area contributed by atoms with Gasteiger partial charge >= 0.3 is 0 Å². The fourth-order valence-corrected chi connectivity index (χ4v) is 2.05. The van der Waals surface area contributed by atoms with Crippen molar-refractivity contribution in [2.45, 2.75) is 6.92 Å². The van der Waals surface area contributed by atoms with E-state index in [1.54, 1.807) is 31.5 Å². The monoisotopic (exact) mass is 267 g/mol. The molecule has 0 saturated heterocycles. The lowest BCUT2D eigenvalue weighted by Crippen LogP contribution is -1.94. The zero-order chi connectivity index (χ0) is 12.4. The lowest BCUT2D eigenvalue weighted by Gasteiger charge is -2.11. The van der Waals surface area contributed by atoms with Gasteiger partial charge in [-0.3, -0.25) is 4.98 Å². The van der Waals surface area contributed by atoms with Crippen LogP contribution in [0.25, 0.3) is 11.3 Å². The Morgan fingerprint density at radius 3 is 2.65 bits per heavy atom. The van der Waals surface area contributed by atoms with Gasteiger partial charge in [0.25, 0.3) is 0 Å². The van der Waals surface area contributed by atoms with Crippen molar-refractivity contribution < 1.29 is 4.74 Å². The van der Waals surface area contributed by atoms with Crippen molar-refractivity contribution in [3.63, 3.8) is 0 Å². The van der Waals surface area contributed by atoms with Crippen molar-refractivity contribution in [2.24, 2.45) is 0 Å². The number of methoxy groups -OCH3 is 1. The molecule has 0 aliphatic heterocycles. The molecule has 0 aliphatic rings. The molecule has 1 heterocycles. The van der Waals surface area contributed by atoms with E-state index in [9.17, 15) is 0 Å². The number of hydrogen-bond acceptors (Lipinski definition) is 2. The molecule has 17 heavy (non-hydrogen) atoms. The molecule has 0 unspecified atom stereocenters. The van der Waals surface area contributed by atoms with E-state index in [0.29, 0.717) is 15.7 Å². The van der Waals surface area contributed by atoms with Gasteiger partial charge in [-0.2, -0.15) is 0 Å². The molecule has 2 aromatic rings. The Labute approximate surface area is 110 Å². The molecule has 4 heteroatoms. The minimum atomic E-state index is 0.603. The van der Waals surface area contributed by atoms with Crippen molar-refractivity contribution in [1.82, 2.24) is 4.98 Å². The summed E-state index contributed by atoms with van der Waals surface area (Å²) in [5.41, 5.74) is 2.49. The van der Waals surface area contributed by atoms with Crippen LogP contribution >= 0.6 is 23.2 Å². The highest BCUT2D eigenvalue weighted by molar-refractivity contribution is 6.35. The van der Waals surface area contributed by atoms with Gasteiger partial charge in [0, 0.05) is 16.8 Å². The molecule has 2 rings (SSSR count). The van der Waals surface area contributed by atoms with Gasteiger partial charge in [-0.15, -0.1) is 0 Å². The van der Waals surface area contributed by atoms with Crippen LogP contribution in [0.5, 0.6) is 5.75 Å². The van der Waals surface area contributed by atoms with E-state index in [2.05, 4.69) is 4.98 Å². The van der Waals surface area contributed by atoms with Crippen LogP contribution in [0.2, 0.25) is 10.0 Å². The molecule has 0 saturated carbocycles. The highest BCUT2D eigenvalue weighted by Gasteiger charge is 2.13. The van der Waals surface area contributed by atoms with Crippen molar-refractivity contribution >= 4 is 23.2 Å². The first-order valence-electron chi connectivity index (χ1n) is 5.08. The number of ether oxygens (including phenoxy) is 1. The van der Waals surface area contributed by atoms with Gasteiger partial charge in [0.05, 0.1) is 12.1 Å². The first-order valence-corrected chi connectivity index (χ1v) is 5.84. The van der Waals surface area contributed by atoms with E-state index in [1.165, 1.54) is 0 Å². The Hall–Kier alpha value is -1.25. The van der Waals surface area contributed by atoms with Crippen LogP contribution in [0.3, 0.4) is 0 Å². The molecule has 0 atom stereocenters. The molecular weight excluding hydrogens is 257 g/mol. The summed E-state index contributed by atoms with van der Waals surface area (Å²) in [5.74, 6) is 0.719. The topological polar surface area (TPSA) is 22.1 Å². The summed E-state index contributed by atoms with van der Waals surface area (Å²) in [6.07, 6.45) is 1.73. The molecule has 1 aromatic heterocycles. The second-order valence-electron chi connectivity index (χ2n) is 3.63. The van der Waals surface area contributed by atoms with E-state index in [4.69, 9.17) is 27.9 Å². The molecule has 0 amide bonds. The zero-order valence-corrected chi connectivity index (χ0v) is 11.0. The summed E-state index contributed by atoms with van der Waals surface area (Å²) < 4.78 is 5.36. The van der Waals surface area contributed by atoms with Crippen molar-refractivity contribution in [3.8, 4) is 17.0 Å². The van der Waals surface area contributed by atoms with E-state index in [1.807, 2.05) is 13.0 Å². The third kappa shape index (κ3) is 2.38. The number of halogens is 2. The van der Waals surface area contributed by atoms with Crippen molar-refractivity contribution in [1.29, 1.82) is 0 Å². The first-order chi connectivity index (χ1) is 8.13. The molecule has 1 aromatic carbocycles. The average molecular weight is 268 g/mol. The molecule has 88 valence electrons. The summed E-state index contributed by atoms with van der Waals surface area (Å²) in [6.45, 7) is 1.96. The predicted molar refractivity (Wildman–Crippen MR) is 71.0 cm³/mol. The predicted octanol–water partition coefficient (Wildman–Crippen LogP) is 4.37. The van der Waals surface area contributed by atoms with E-state index in [0.717, 1.165) is 16.9 Å². The molecule has 0 N–H and O–H groups in total. The first kappa shape index (κ1) is 12.2. The summed E-state index contributed by atoms with van der Waals surface area (Å²) in [7, 11) is 1.62. The van der Waals surface area contributed by atoms with Crippen molar-refractivity contribution in [2.75, 3.05) is 7.11 Å². The zero-order valence-electron chi connectivity index (χ0n) is 9.50. The maximum absolute atomic E-state index is 6.16. The van der Waals surface area contributed by atoms with Crippen LogP contribution in [0.4, 0.5) is 0 Å². The standard InChI is InChI=1S/C13H11Cl2NO/c1-8-5-6-16-12(13(8)17-2)10-7-9(14)3-4-11(10)15/h3-7H,1-2H3. The summed E-state index contributed by atoms with van der Waals surface area (Å²) in [5, 5.41) is 1.22. The van der Waals surface area contributed by atoms with Crippen LogP contribution in [0.1, 0.15) is 5.56 Å². The number of nitrogens with zero attached hydrogens (tertiary/aromatic N) is 1. The number of rotatable bonds is 2. The molecule has 0 bridgehead atoms. The van der Waals surface area contributed by atoms with E-state index >= 15 is 0 Å². The van der Waals surface area contributed by atoms with Gasteiger partial charge in [0.1, 0.15) is 11.4 Å².